The number of carboxylic acid groups (broad SMARTS) is 1. The topological polar surface area (TPSA) is 262 Å². The number of guanidine groups is 1. The van der Waals surface area contributed by atoms with Gasteiger partial charge in [0.05, 0.1) is 12.6 Å². The Morgan fingerprint density at radius 3 is 1.90 bits per heavy atom. The standard InChI is InChI=1S/C26H42N8O7/c1-14(2)20(25(40)41)34-24(39)19(13-35)33-23(38)18(12-16-8-5-4-6-9-16)32-22(37)17(31-21(36)15(3)27)10-7-11-30-26(28)29/h4-6,8-9,14-15,17-20,35H,7,10-13,27H2,1-3H3,(H,31,36)(H,32,37)(H,33,38)(H,34,39)(H,40,41)(H4,28,29,30)/t15-,17+,18+,19-,20+/m1/s1. The molecule has 1 rings (SSSR count). The van der Waals surface area contributed by atoms with Crippen molar-refractivity contribution < 1.29 is 34.2 Å². The van der Waals surface area contributed by atoms with E-state index in [-0.39, 0.29) is 25.3 Å². The number of nitrogens with two attached hydrogens (primary N) is 2. The molecular formula is C26H42N8O7. The van der Waals surface area contributed by atoms with Crippen LogP contribution in [0.25, 0.3) is 0 Å². The van der Waals surface area contributed by atoms with Crippen LogP contribution in [-0.4, -0.2) is 89.1 Å². The quantitative estimate of drug-likeness (QED) is 0.0528. The number of aliphatic hydroxyl groups is 1. The predicted octanol–water partition coefficient (Wildman–Crippen LogP) is -2.49. The first kappa shape index (κ1) is 34.8. The maximum atomic E-state index is 13.3. The number of hydrogen-bond donors (Lipinski definition) is 10. The Kier molecular flexibility index (Phi) is 14.8. The molecule has 12 N–H and O–H groups in total. The lowest BCUT2D eigenvalue weighted by Gasteiger charge is -2.26. The number of hydrogen-bond acceptors (Lipinski definition) is 8. The molecule has 0 saturated carbocycles. The summed E-state index contributed by atoms with van der Waals surface area (Å²) < 4.78 is 0. The van der Waals surface area contributed by atoms with E-state index < -0.39 is 72.3 Å². The molecule has 0 saturated heterocycles. The highest BCUT2D eigenvalue weighted by Crippen LogP contribution is 2.07. The van der Waals surface area contributed by atoms with Gasteiger partial charge in [-0.3, -0.25) is 24.6 Å². The van der Waals surface area contributed by atoms with E-state index >= 15 is 0 Å². The van der Waals surface area contributed by atoms with Crippen LogP contribution in [0.4, 0.5) is 0 Å². The molecule has 0 aromatic heterocycles. The molecule has 228 valence electrons. The SMILES string of the molecule is CC(C)[C@H](NC(=O)[C@@H](CO)NC(=O)[C@H](Cc1ccccc1)NC(=O)[C@H](CCCNC(=N)N)NC(=O)[C@@H](C)N)C(=O)O. The molecule has 0 aliphatic rings. The Morgan fingerprint density at radius 2 is 1.39 bits per heavy atom. The molecule has 0 unspecified atom stereocenters. The summed E-state index contributed by atoms with van der Waals surface area (Å²) in [6, 6.07) is 2.72. The third kappa shape index (κ3) is 12.7. The molecule has 0 aliphatic carbocycles. The second-order valence-electron chi connectivity index (χ2n) is 9.90. The normalized spacial score (nSPS) is 14.5. The highest BCUT2D eigenvalue weighted by Gasteiger charge is 2.32. The lowest BCUT2D eigenvalue weighted by Crippen LogP contribution is -2.59. The molecule has 0 aliphatic heterocycles. The van der Waals surface area contributed by atoms with Crippen molar-refractivity contribution in [2.24, 2.45) is 17.4 Å². The monoisotopic (exact) mass is 578 g/mol. The van der Waals surface area contributed by atoms with E-state index in [0.717, 1.165) is 0 Å². The molecular weight excluding hydrogens is 536 g/mol. The fraction of sp³-hybridized carbons (Fsp3) is 0.538. The first-order valence-corrected chi connectivity index (χ1v) is 13.2. The third-order valence-corrected chi connectivity index (χ3v) is 5.99. The van der Waals surface area contributed by atoms with Crippen molar-refractivity contribution in [1.82, 2.24) is 26.6 Å². The number of carbonyl (C=O) groups is 5. The fourth-order valence-corrected chi connectivity index (χ4v) is 3.67. The fourth-order valence-electron chi connectivity index (χ4n) is 3.67. The van der Waals surface area contributed by atoms with E-state index in [2.05, 4.69) is 26.6 Å². The van der Waals surface area contributed by atoms with Crippen LogP contribution in [0.2, 0.25) is 0 Å². The van der Waals surface area contributed by atoms with Crippen LogP contribution in [0.1, 0.15) is 39.2 Å². The Bertz CT molecular complexity index is 1050. The van der Waals surface area contributed by atoms with Crippen LogP contribution in [0.5, 0.6) is 0 Å². The predicted molar refractivity (Wildman–Crippen MR) is 150 cm³/mol. The summed E-state index contributed by atoms with van der Waals surface area (Å²) in [5, 5.41) is 38.8. The summed E-state index contributed by atoms with van der Waals surface area (Å²) in [4.78, 5) is 63.1. The summed E-state index contributed by atoms with van der Waals surface area (Å²) in [7, 11) is 0. The molecule has 0 bridgehead atoms. The molecule has 15 heteroatoms. The average molecular weight is 579 g/mol. The Hall–Kier alpha value is -4.24. The number of nitrogens with one attached hydrogen (secondary N) is 6. The van der Waals surface area contributed by atoms with E-state index in [1.54, 1.807) is 44.2 Å². The van der Waals surface area contributed by atoms with E-state index in [9.17, 15) is 34.2 Å². The van der Waals surface area contributed by atoms with Gasteiger partial charge in [0.15, 0.2) is 5.96 Å². The molecule has 5 atom stereocenters. The summed E-state index contributed by atoms with van der Waals surface area (Å²) in [5.41, 5.74) is 11.6. The van der Waals surface area contributed by atoms with Crippen molar-refractivity contribution in [2.45, 2.75) is 70.2 Å². The van der Waals surface area contributed by atoms with Crippen molar-refractivity contribution in [3.8, 4) is 0 Å². The van der Waals surface area contributed by atoms with Crippen LogP contribution in [0.3, 0.4) is 0 Å². The van der Waals surface area contributed by atoms with Gasteiger partial charge in [0.1, 0.15) is 24.2 Å². The average Bonchev–Trinajstić information content (AvgIpc) is 2.91. The second-order valence-corrected chi connectivity index (χ2v) is 9.90. The van der Waals surface area contributed by atoms with E-state index in [1.165, 1.54) is 6.92 Å². The van der Waals surface area contributed by atoms with Gasteiger partial charge in [0.25, 0.3) is 0 Å². The largest absolute Gasteiger partial charge is 0.480 e. The highest BCUT2D eigenvalue weighted by molar-refractivity contribution is 5.95. The summed E-state index contributed by atoms with van der Waals surface area (Å²) in [6.45, 7) is 4.05. The molecule has 41 heavy (non-hydrogen) atoms. The Morgan fingerprint density at radius 1 is 0.854 bits per heavy atom. The lowest BCUT2D eigenvalue weighted by atomic mass is 10.0. The van der Waals surface area contributed by atoms with E-state index in [0.29, 0.717) is 12.0 Å². The zero-order valence-electron chi connectivity index (χ0n) is 23.5. The Labute approximate surface area is 238 Å². The van der Waals surface area contributed by atoms with Crippen LogP contribution < -0.4 is 38.1 Å². The number of amides is 4. The van der Waals surface area contributed by atoms with Gasteiger partial charge < -0.3 is 48.3 Å². The molecule has 4 amide bonds. The minimum Gasteiger partial charge on any atom is -0.480 e. The summed E-state index contributed by atoms with van der Waals surface area (Å²) in [6.07, 6.45) is 0.458. The van der Waals surface area contributed by atoms with Gasteiger partial charge in [-0.2, -0.15) is 0 Å². The minimum absolute atomic E-state index is 0.00176. The smallest absolute Gasteiger partial charge is 0.326 e. The van der Waals surface area contributed by atoms with Gasteiger partial charge in [-0.05, 0) is 31.2 Å². The highest BCUT2D eigenvalue weighted by atomic mass is 16.4. The number of carbonyl (C=O) groups excluding carboxylic acids is 4. The molecule has 15 nitrogen and oxygen atoms in total. The first-order chi connectivity index (χ1) is 19.3. The molecule has 0 spiro atoms. The second kappa shape index (κ2) is 17.5. The number of rotatable bonds is 17. The van der Waals surface area contributed by atoms with E-state index in [4.69, 9.17) is 16.9 Å². The number of carboxylic acids is 1. The maximum absolute atomic E-state index is 13.3. The molecule has 1 aromatic carbocycles. The van der Waals surface area contributed by atoms with Crippen molar-refractivity contribution >= 4 is 35.6 Å². The van der Waals surface area contributed by atoms with Crippen LogP contribution in [0, 0.1) is 11.3 Å². The van der Waals surface area contributed by atoms with Crippen molar-refractivity contribution in [2.75, 3.05) is 13.2 Å². The number of benzene rings is 1. The lowest BCUT2D eigenvalue weighted by molar-refractivity contribution is -0.143. The first-order valence-electron chi connectivity index (χ1n) is 13.2. The maximum Gasteiger partial charge on any atom is 0.326 e. The van der Waals surface area contributed by atoms with Crippen LogP contribution in [-0.2, 0) is 30.4 Å². The van der Waals surface area contributed by atoms with Crippen LogP contribution in [0.15, 0.2) is 30.3 Å². The van der Waals surface area contributed by atoms with E-state index in [1.807, 2.05) is 0 Å². The molecule has 1 aromatic rings. The van der Waals surface area contributed by atoms with Crippen molar-refractivity contribution in [3.05, 3.63) is 35.9 Å². The van der Waals surface area contributed by atoms with Gasteiger partial charge >= 0.3 is 5.97 Å². The van der Waals surface area contributed by atoms with Gasteiger partial charge in [-0.15, -0.1) is 0 Å². The van der Waals surface area contributed by atoms with Gasteiger partial charge in [0.2, 0.25) is 23.6 Å². The molecule has 0 radical (unpaired) electrons. The number of aliphatic hydroxyl groups excluding tert-OH is 1. The van der Waals surface area contributed by atoms with Gasteiger partial charge in [-0.1, -0.05) is 44.2 Å². The summed E-state index contributed by atoms with van der Waals surface area (Å²) in [5.74, 6) is -5.02. The third-order valence-electron chi connectivity index (χ3n) is 5.99. The summed E-state index contributed by atoms with van der Waals surface area (Å²) >= 11 is 0. The Balaban J connectivity index is 3.14. The van der Waals surface area contributed by atoms with Crippen molar-refractivity contribution in [3.63, 3.8) is 0 Å². The zero-order valence-corrected chi connectivity index (χ0v) is 23.5. The molecule has 0 heterocycles. The van der Waals surface area contributed by atoms with Crippen molar-refractivity contribution in [1.29, 1.82) is 5.41 Å². The molecule has 0 fully saturated rings. The number of aliphatic carboxylic acids is 1. The zero-order chi connectivity index (χ0) is 31.1. The van der Waals surface area contributed by atoms with Gasteiger partial charge in [0, 0.05) is 13.0 Å². The van der Waals surface area contributed by atoms with Crippen LogP contribution >= 0.6 is 0 Å². The van der Waals surface area contributed by atoms with Gasteiger partial charge in [-0.25, -0.2) is 4.79 Å². The minimum atomic E-state index is -1.50.